The second kappa shape index (κ2) is 4.86. The highest BCUT2D eigenvalue weighted by molar-refractivity contribution is 7.21. The molecule has 1 aromatic carbocycles. The number of non-ortho nitro benzene ring substituents is 1. The molecular weight excluding hydrogens is 276 g/mol. The van der Waals surface area contributed by atoms with Crippen molar-refractivity contribution in [3.8, 4) is 0 Å². The third kappa shape index (κ3) is 2.16. The van der Waals surface area contributed by atoms with Gasteiger partial charge in [-0.3, -0.25) is 14.9 Å². The van der Waals surface area contributed by atoms with E-state index in [1.807, 2.05) is 6.92 Å². The van der Waals surface area contributed by atoms with Crippen LogP contribution in [0.4, 0.5) is 5.69 Å². The molecule has 6 heteroatoms. The van der Waals surface area contributed by atoms with Crippen LogP contribution < -0.4 is 5.32 Å². The molecule has 0 bridgehead atoms. The van der Waals surface area contributed by atoms with Gasteiger partial charge < -0.3 is 5.32 Å². The molecule has 1 saturated carbocycles. The Morgan fingerprint density at radius 1 is 1.45 bits per heavy atom. The Kier molecular flexibility index (Phi) is 3.17. The summed E-state index contributed by atoms with van der Waals surface area (Å²) < 4.78 is 0.909. The largest absolute Gasteiger partial charge is 0.349 e. The predicted octanol–water partition coefficient (Wildman–Crippen LogP) is 3.40. The van der Waals surface area contributed by atoms with Crippen molar-refractivity contribution < 1.29 is 9.72 Å². The number of hydrogen-bond acceptors (Lipinski definition) is 4. The first-order valence-corrected chi connectivity index (χ1v) is 7.36. The number of carbonyl (C=O) groups is 1. The number of hydrogen-bond donors (Lipinski definition) is 1. The number of amides is 1. The van der Waals surface area contributed by atoms with E-state index < -0.39 is 4.92 Å². The molecule has 1 heterocycles. The summed E-state index contributed by atoms with van der Waals surface area (Å²) in [4.78, 5) is 23.3. The van der Waals surface area contributed by atoms with E-state index in [-0.39, 0.29) is 11.6 Å². The summed E-state index contributed by atoms with van der Waals surface area (Å²) in [7, 11) is 0. The summed E-state index contributed by atoms with van der Waals surface area (Å²) in [6.45, 7) is 1.85. The lowest BCUT2D eigenvalue weighted by Gasteiger charge is -2.26. The van der Waals surface area contributed by atoms with Gasteiger partial charge in [-0.15, -0.1) is 11.3 Å². The van der Waals surface area contributed by atoms with E-state index in [0.29, 0.717) is 10.9 Å². The molecule has 0 aliphatic heterocycles. The van der Waals surface area contributed by atoms with Crippen LogP contribution in [-0.4, -0.2) is 16.9 Å². The Labute approximate surface area is 119 Å². The quantitative estimate of drug-likeness (QED) is 0.695. The first-order valence-electron chi connectivity index (χ1n) is 6.54. The lowest BCUT2D eigenvalue weighted by Crippen LogP contribution is -2.39. The second-order valence-electron chi connectivity index (χ2n) is 5.10. The van der Waals surface area contributed by atoms with Crippen LogP contribution in [0.25, 0.3) is 10.1 Å². The molecule has 0 unspecified atom stereocenters. The number of benzene rings is 1. The molecule has 0 atom stereocenters. The molecule has 1 aliphatic carbocycles. The number of carbonyl (C=O) groups excluding carboxylic acids is 1. The molecule has 104 valence electrons. The zero-order valence-electron chi connectivity index (χ0n) is 11.0. The smallest absolute Gasteiger partial charge is 0.270 e. The van der Waals surface area contributed by atoms with Gasteiger partial charge in [0.2, 0.25) is 0 Å². The summed E-state index contributed by atoms with van der Waals surface area (Å²) in [5.41, 5.74) is 0.884. The Morgan fingerprint density at radius 3 is 2.80 bits per heavy atom. The maximum absolute atomic E-state index is 12.2. The molecule has 1 amide bonds. The predicted molar refractivity (Wildman–Crippen MR) is 78.3 cm³/mol. The maximum atomic E-state index is 12.2. The average Bonchev–Trinajstić information content (AvgIpc) is 2.71. The van der Waals surface area contributed by atoms with E-state index in [1.165, 1.54) is 23.8 Å². The topological polar surface area (TPSA) is 72.2 Å². The lowest BCUT2D eigenvalue weighted by molar-refractivity contribution is -0.384. The number of aryl methyl sites for hydroxylation is 1. The third-order valence-corrected chi connectivity index (χ3v) is 5.05. The molecule has 3 rings (SSSR count). The zero-order valence-corrected chi connectivity index (χ0v) is 11.8. The second-order valence-corrected chi connectivity index (χ2v) is 6.15. The Bertz CT molecular complexity index is 704. The monoisotopic (exact) mass is 290 g/mol. The van der Waals surface area contributed by atoms with E-state index in [4.69, 9.17) is 0 Å². The fourth-order valence-corrected chi connectivity index (χ4v) is 3.44. The minimum atomic E-state index is -0.412. The van der Waals surface area contributed by atoms with E-state index >= 15 is 0 Å². The van der Waals surface area contributed by atoms with Crippen molar-refractivity contribution >= 4 is 33.0 Å². The molecule has 2 aromatic rings. The van der Waals surface area contributed by atoms with Crippen molar-refractivity contribution in [3.05, 3.63) is 38.8 Å². The number of nitrogens with one attached hydrogen (secondary N) is 1. The van der Waals surface area contributed by atoms with Gasteiger partial charge in [0.1, 0.15) is 0 Å². The van der Waals surface area contributed by atoms with Crippen LogP contribution in [0.15, 0.2) is 18.2 Å². The minimum Gasteiger partial charge on any atom is -0.349 e. The summed E-state index contributed by atoms with van der Waals surface area (Å²) in [5, 5.41) is 14.6. The fourth-order valence-electron chi connectivity index (χ4n) is 2.34. The third-order valence-electron chi connectivity index (χ3n) is 3.78. The van der Waals surface area contributed by atoms with Crippen LogP contribution in [0.5, 0.6) is 0 Å². The average molecular weight is 290 g/mol. The first kappa shape index (κ1) is 13.1. The van der Waals surface area contributed by atoms with Gasteiger partial charge in [0.25, 0.3) is 11.6 Å². The summed E-state index contributed by atoms with van der Waals surface area (Å²) in [6, 6.07) is 5.03. The molecular formula is C14H14N2O3S. The Balaban J connectivity index is 1.97. The van der Waals surface area contributed by atoms with Gasteiger partial charge in [-0.25, -0.2) is 0 Å². The van der Waals surface area contributed by atoms with E-state index in [9.17, 15) is 14.9 Å². The molecule has 20 heavy (non-hydrogen) atoms. The highest BCUT2D eigenvalue weighted by Gasteiger charge is 2.23. The van der Waals surface area contributed by atoms with Crippen LogP contribution >= 0.6 is 11.3 Å². The maximum Gasteiger partial charge on any atom is 0.270 e. The van der Waals surface area contributed by atoms with Crippen molar-refractivity contribution in [2.75, 3.05) is 0 Å². The summed E-state index contributed by atoms with van der Waals surface area (Å²) in [6.07, 6.45) is 3.25. The molecule has 5 nitrogen and oxygen atoms in total. The number of thiophene rings is 1. The van der Waals surface area contributed by atoms with E-state index in [2.05, 4.69) is 5.32 Å². The van der Waals surface area contributed by atoms with Gasteiger partial charge in [0.15, 0.2) is 0 Å². The minimum absolute atomic E-state index is 0.0592. The van der Waals surface area contributed by atoms with Gasteiger partial charge in [0.05, 0.1) is 9.80 Å². The van der Waals surface area contributed by atoms with Crippen LogP contribution in [-0.2, 0) is 0 Å². The fraction of sp³-hybridized carbons (Fsp3) is 0.357. The number of nitro benzene ring substituents is 1. The molecule has 1 fully saturated rings. The molecule has 1 aliphatic rings. The SMILES string of the molecule is Cc1c(C(=O)NC2CCC2)sc2ccc([N+](=O)[O-])cc12. The van der Waals surface area contributed by atoms with Gasteiger partial charge in [-0.05, 0) is 37.8 Å². The van der Waals surface area contributed by atoms with Gasteiger partial charge in [-0.1, -0.05) is 0 Å². The van der Waals surface area contributed by atoms with Crippen molar-refractivity contribution in [3.63, 3.8) is 0 Å². The Hall–Kier alpha value is -1.95. The number of nitrogens with zero attached hydrogens (tertiary/aromatic N) is 1. The highest BCUT2D eigenvalue weighted by atomic mass is 32.1. The van der Waals surface area contributed by atoms with Gasteiger partial charge >= 0.3 is 0 Å². The van der Waals surface area contributed by atoms with Crippen LogP contribution in [0.1, 0.15) is 34.5 Å². The molecule has 0 spiro atoms. The molecule has 0 radical (unpaired) electrons. The number of rotatable bonds is 3. The lowest BCUT2D eigenvalue weighted by atomic mass is 9.93. The van der Waals surface area contributed by atoms with Crippen molar-refractivity contribution in [1.29, 1.82) is 0 Å². The first-order chi connectivity index (χ1) is 9.56. The molecule has 1 N–H and O–H groups in total. The van der Waals surface area contributed by atoms with Crippen molar-refractivity contribution in [1.82, 2.24) is 5.32 Å². The van der Waals surface area contributed by atoms with Crippen molar-refractivity contribution in [2.24, 2.45) is 0 Å². The van der Waals surface area contributed by atoms with E-state index in [1.54, 1.807) is 12.1 Å². The normalized spacial score (nSPS) is 15.1. The Morgan fingerprint density at radius 2 is 2.20 bits per heavy atom. The van der Waals surface area contributed by atoms with Gasteiger partial charge in [-0.2, -0.15) is 0 Å². The molecule has 0 saturated heterocycles. The number of fused-ring (bicyclic) bond motifs is 1. The summed E-state index contributed by atoms with van der Waals surface area (Å²) >= 11 is 1.39. The molecule has 1 aromatic heterocycles. The zero-order chi connectivity index (χ0) is 14.3. The van der Waals surface area contributed by atoms with Crippen LogP contribution in [0, 0.1) is 17.0 Å². The van der Waals surface area contributed by atoms with Crippen molar-refractivity contribution in [2.45, 2.75) is 32.2 Å². The highest BCUT2D eigenvalue weighted by Crippen LogP contribution is 2.33. The number of nitro groups is 1. The van der Waals surface area contributed by atoms with Crippen LogP contribution in [0.2, 0.25) is 0 Å². The standard InChI is InChI=1S/C14H14N2O3S/c1-8-11-7-10(16(18)19)5-6-12(11)20-13(8)14(17)15-9-3-2-4-9/h5-7,9H,2-4H2,1H3,(H,15,17). The summed E-state index contributed by atoms with van der Waals surface area (Å²) in [5.74, 6) is -0.0592. The van der Waals surface area contributed by atoms with E-state index in [0.717, 1.165) is 28.5 Å². The van der Waals surface area contributed by atoms with Crippen LogP contribution in [0.3, 0.4) is 0 Å². The van der Waals surface area contributed by atoms with Gasteiger partial charge in [0, 0.05) is 28.3 Å².